The van der Waals surface area contributed by atoms with Gasteiger partial charge in [0.05, 0.1) is 0 Å². The number of carbonyl (C=O) groups is 1. The molecule has 1 N–H and O–H groups in total. The minimum atomic E-state index is -0.415. The first-order valence-electron chi connectivity index (χ1n) is 5.53. The summed E-state index contributed by atoms with van der Waals surface area (Å²) in [6, 6.07) is 0.396. The van der Waals surface area contributed by atoms with E-state index in [0.717, 1.165) is 13.1 Å². The van der Waals surface area contributed by atoms with Crippen LogP contribution in [0.2, 0.25) is 0 Å². The first-order valence-corrected chi connectivity index (χ1v) is 5.53. The molecule has 0 aromatic carbocycles. The maximum absolute atomic E-state index is 11.9. The molecule has 0 spiro atoms. The first-order chi connectivity index (χ1) is 6.81. The molecule has 1 aliphatic rings. The molecule has 0 aromatic rings. The second-order valence-corrected chi connectivity index (χ2v) is 5.24. The van der Waals surface area contributed by atoms with Gasteiger partial charge >= 0.3 is 6.09 Å². The van der Waals surface area contributed by atoms with Crippen LogP contribution in [0, 0.1) is 0 Å². The molecule has 0 saturated carbocycles. The van der Waals surface area contributed by atoms with Gasteiger partial charge in [-0.1, -0.05) is 0 Å². The van der Waals surface area contributed by atoms with Crippen LogP contribution in [-0.2, 0) is 4.74 Å². The fourth-order valence-electron chi connectivity index (χ4n) is 1.81. The summed E-state index contributed by atoms with van der Waals surface area (Å²) >= 11 is 0. The number of amides is 1. The lowest BCUT2D eigenvalue weighted by atomic mass is 10.1. The Morgan fingerprint density at radius 2 is 1.73 bits per heavy atom. The minimum absolute atomic E-state index is 0.198. The van der Waals surface area contributed by atoms with Crippen molar-refractivity contribution in [1.82, 2.24) is 10.2 Å². The van der Waals surface area contributed by atoms with Gasteiger partial charge in [-0.3, -0.25) is 0 Å². The molecule has 1 heterocycles. The number of piperazine rings is 1. The third kappa shape index (κ3) is 3.38. The molecular weight excluding hydrogens is 192 g/mol. The van der Waals surface area contributed by atoms with Crippen LogP contribution in [0.25, 0.3) is 0 Å². The molecule has 0 aliphatic carbocycles. The molecule has 0 bridgehead atoms. The number of hydrogen-bond acceptors (Lipinski definition) is 3. The number of nitrogens with zero attached hydrogens (tertiary/aromatic N) is 1. The van der Waals surface area contributed by atoms with Gasteiger partial charge in [-0.25, -0.2) is 4.79 Å². The van der Waals surface area contributed by atoms with E-state index in [9.17, 15) is 4.79 Å². The summed E-state index contributed by atoms with van der Waals surface area (Å²) in [6.07, 6.45) is -0.205. The Labute approximate surface area is 92.0 Å². The Kier molecular flexibility index (Phi) is 3.60. The Balaban J connectivity index is 2.64. The van der Waals surface area contributed by atoms with E-state index in [2.05, 4.69) is 5.32 Å². The van der Waals surface area contributed by atoms with Crippen molar-refractivity contribution in [2.24, 2.45) is 0 Å². The van der Waals surface area contributed by atoms with Gasteiger partial charge in [-0.15, -0.1) is 0 Å². The molecule has 88 valence electrons. The van der Waals surface area contributed by atoms with Crippen LogP contribution in [0.5, 0.6) is 0 Å². The van der Waals surface area contributed by atoms with Crippen LogP contribution in [0.4, 0.5) is 4.79 Å². The molecular formula is C11H22N2O2. The summed E-state index contributed by atoms with van der Waals surface area (Å²) in [4.78, 5) is 13.7. The molecule has 1 unspecified atom stereocenters. The van der Waals surface area contributed by atoms with E-state index in [4.69, 9.17) is 4.74 Å². The smallest absolute Gasteiger partial charge is 0.410 e. The summed E-state index contributed by atoms with van der Waals surface area (Å²) in [5.74, 6) is 0. The number of carbonyl (C=O) groups excluding carboxylic acids is 1. The number of nitrogens with one attached hydrogen (secondary N) is 1. The predicted molar refractivity (Wildman–Crippen MR) is 59.9 cm³/mol. The van der Waals surface area contributed by atoms with Crippen molar-refractivity contribution in [3.05, 3.63) is 0 Å². The summed E-state index contributed by atoms with van der Waals surface area (Å²) in [5, 5.41) is 3.28. The zero-order chi connectivity index (χ0) is 11.6. The van der Waals surface area contributed by atoms with Crippen molar-refractivity contribution in [1.29, 1.82) is 0 Å². The van der Waals surface area contributed by atoms with Gasteiger partial charge in [0.25, 0.3) is 0 Å². The molecule has 1 rings (SSSR count). The van der Waals surface area contributed by atoms with Crippen molar-refractivity contribution >= 4 is 6.09 Å². The topological polar surface area (TPSA) is 41.6 Å². The molecule has 4 nitrogen and oxygen atoms in total. The lowest BCUT2D eigenvalue weighted by Gasteiger charge is -2.39. The van der Waals surface area contributed by atoms with Crippen LogP contribution in [0.1, 0.15) is 34.6 Å². The van der Waals surface area contributed by atoms with Gasteiger partial charge in [-0.2, -0.15) is 0 Å². The molecule has 1 saturated heterocycles. The van der Waals surface area contributed by atoms with Crippen LogP contribution in [-0.4, -0.2) is 41.8 Å². The monoisotopic (exact) mass is 214 g/mol. The normalized spacial score (nSPS) is 27.7. The SMILES string of the molecule is CC1CNC[C@H](C)N1C(=O)OC(C)(C)C. The molecule has 1 amide bonds. The number of ether oxygens (including phenoxy) is 1. The van der Waals surface area contributed by atoms with E-state index in [1.807, 2.05) is 39.5 Å². The van der Waals surface area contributed by atoms with Crippen LogP contribution >= 0.6 is 0 Å². The zero-order valence-corrected chi connectivity index (χ0v) is 10.3. The molecule has 4 heteroatoms. The summed E-state index contributed by atoms with van der Waals surface area (Å²) in [7, 11) is 0. The van der Waals surface area contributed by atoms with Gasteiger partial charge < -0.3 is 15.0 Å². The van der Waals surface area contributed by atoms with E-state index < -0.39 is 5.60 Å². The maximum atomic E-state index is 11.9. The van der Waals surface area contributed by atoms with Crippen molar-refractivity contribution in [2.75, 3.05) is 13.1 Å². The Morgan fingerprint density at radius 3 is 2.13 bits per heavy atom. The van der Waals surface area contributed by atoms with E-state index in [-0.39, 0.29) is 18.2 Å². The highest BCUT2D eigenvalue weighted by molar-refractivity contribution is 5.69. The average molecular weight is 214 g/mol. The van der Waals surface area contributed by atoms with E-state index in [1.54, 1.807) is 0 Å². The van der Waals surface area contributed by atoms with Crippen LogP contribution in [0.3, 0.4) is 0 Å². The van der Waals surface area contributed by atoms with Gasteiger partial charge in [0.1, 0.15) is 5.60 Å². The second-order valence-electron chi connectivity index (χ2n) is 5.24. The van der Waals surface area contributed by atoms with Gasteiger partial charge in [0.15, 0.2) is 0 Å². The Bertz CT molecular complexity index is 225. The van der Waals surface area contributed by atoms with Gasteiger partial charge in [0.2, 0.25) is 0 Å². The van der Waals surface area contributed by atoms with E-state index in [0.29, 0.717) is 0 Å². The fourth-order valence-corrected chi connectivity index (χ4v) is 1.81. The summed E-state index contributed by atoms with van der Waals surface area (Å²) in [5.41, 5.74) is -0.415. The highest BCUT2D eigenvalue weighted by Gasteiger charge is 2.32. The van der Waals surface area contributed by atoms with Gasteiger partial charge in [-0.05, 0) is 34.6 Å². The van der Waals surface area contributed by atoms with Crippen molar-refractivity contribution in [3.8, 4) is 0 Å². The van der Waals surface area contributed by atoms with E-state index >= 15 is 0 Å². The molecule has 1 fully saturated rings. The molecule has 0 radical (unpaired) electrons. The zero-order valence-electron chi connectivity index (χ0n) is 10.3. The third-order valence-electron chi connectivity index (χ3n) is 2.43. The molecule has 2 atom stereocenters. The highest BCUT2D eigenvalue weighted by Crippen LogP contribution is 2.16. The van der Waals surface area contributed by atoms with Crippen molar-refractivity contribution < 1.29 is 9.53 Å². The fraction of sp³-hybridized carbons (Fsp3) is 0.909. The predicted octanol–water partition coefficient (Wildman–Crippen LogP) is 1.60. The lowest BCUT2D eigenvalue weighted by Crippen LogP contribution is -2.58. The van der Waals surface area contributed by atoms with Crippen molar-refractivity contribution in [3.63, 3.8) is 0 Å². The summed E-state index contributed by atoms with van der Waals surface area (Å²) < 4.78 is 5.38. The highest BCUT2D eigenvalue weighted by atomic mass is 16.6. The average Bonchev–Trinajstić information content (AvgIpc) is 1.99. The standard InChI is InChI=1S/C11H22N2O2/c1-8-6-12-7-9(2)13(8)10(14)15-11(3,4)5/h8-9,12H,6-7H2,1-5H3/t8-,9?/m0/s1. The molecule has 0 aromatic heterocycles. The number of hydrogen-bond donors (Lipinski definition) is 1. The number of rotatable bonds is 0. The quantitative estimate of drug-likeness (QED) is 0.666. The Morgan fingerprint density at radius 1 is 1.27 bits per heavy atom. The summed E-state index contributed by atoms with van der Waals surface area (Å²) in [6.45, 7) is 11.4. The molecule has 1 aliphatic heterocycles. The molecule has 15 heavy (non-hydrogen) atoms. The van der Waals surface area contributed by atoms with Gasteiger partial charge in [0, 0.05) is 25.2 Å². The third-order valence-corrected chi connectivity index (χ3v) is 2.43. The van der Waals surface area contributed by atoms with Crippen molar-refractivity contribution in [2.45, 2.75) is 52.3 Å². The Hall–Kier alpha value is -0.770. The lowest BCUT2D eigenvalue weighted by molar-refractivity contribution is 0.00303. The van der Waals surface area contributed by atoms with Crippen LogP contribution in [0.15, 0.2) is 0 Å². The first kappa shape index (κ1) is 12.3. The maximum Gasteiger partial charge on any atom is 0.410 e. The van der Waals surface area contributed by atoms with E-state index in [1.165, 1.54) is 0 Å². The largest absolute Gasteiger partial charge is 0.444 e. The van der Waals surface area contributed by atoms with Crippen LogP contribution < -0.4 is 5.32 Å². The minimum Gasteiger partial charge on any atom is -0.444 e. The second kappa shape index (κ2) is 4.39.